The fourth-order valence-electron chi connectivity index (χ4n) is 3.64. The minimum Gasteiger partial charge on any atom is -0.321 e. The molecule has 0 fully saturated rings. The van der Waals surface area contributed by atoms with Crippen LogP contribution >= 0.6 is 0 Å². The highest BCUT2D eigenvalue weighted by molar-refractivity contribution is 7.91. The highest BCUT2D eigenvalue weighted by Gasteiger charge is 2.29. The summed E-state index contributed by atoms with van der Waals surface area (Å²) in [6.45, 7) is 4.07. The van der Waals surface area contributed by atoms with Crippen molar-refractivity contribution in [2.75, 3.05) is 22.5 Å². The van der Waals surface area contributed by atoms with Gasteiger partial charge in [0.1, 0.15) is 0 Å². The summed E-state index contributed by atoms with van der Waals surface area (Å²) < 4.78 is 23.9. The van der Waals surface area contributed by atoms with E-state index in [4.69, 9.17) is 0 Å². The molecule has 0 aromatic heterocycles. The molecule has 4 rings (SSSR count). The highest BCUT2D eigenvalue weighted by atomic mass is 32.2. The van der Waals surface area contributed by atoms with Crippen LogP contribution in [0.25, 0.3) is 10.8 Å². The van der Waals surface area contributed by atoms with Crippen LogP contribution in [0.4, 0.5) is 11.4 Å². The van der Waals surface area contributed by atoms with Gasteiger partial charge < -0.3 is 10.2 Å². The van der Waals surface area contributed by atoms with E-state index in [1.807, 2.05) is 19.1 Å². The number of carbonyl (C=O) groups excluding carboxylic acids is 2. The second-order valence-electron chi connectivity index (χ2n) is 6.79. The Balaban J connectivity index is 1.68. The number of rotatable bonds is 5. The Bertz CT molecular complexity index is 1250. The van der Waals surface area contributed by atoms with Crippen LogP contribution in [0.1, 0.15) is 34.6 Å². The van der Waals surface area contributed by atoms with Gasteiger partial charge in [-0.25, -0.2) is 8.42 Å². The lowest BCUT2D eigenvalue weighted by Crippen LogP contribution is -2.25. The van der Waals surface area contributed by atoms with E-state index in [1.54, 1.807) is 30.0 Å². The molecule has 0 unspecified atom stereocenters. The Morgan fingerprint density at radius 2 is 1.72 bits per heavy atom. The summed E-state index contributed by atoms with van der Waals surface area (Å²) in [5.74, 6) is -0.376. The number of benzene rings is 3. The first-order valence-corrected chi connectivity index (χ1v) is 11.0. The molecule has 1 aliphatic rings. The number of amides is 2. The Morgan fingerprint density at radius 1 is 1.00 bits per heavy atom. The van der Waals surface area contributed by atoms with Gasteiger partial charge in [0.15, 0.2) is 9.84 Å². The first-order chi connectivity index (χ1) is 13.9. The van der Waals surface area contributed by atoms with E-state index in [0.29, 0.717) is 23.4 Å². The Kier molecular flexibility index (Phi) is 4.62. The molecule has 0 radical (unpaired) electrons. The largest absolute Gasteiger partial charge is 0.321 e. The number of carbonyl (C=O) groups is 2. The van der Waals surface area contributed by atoms with Gasteiger partial charge in [0, 0.05) is 34.1 Å². The molecule has 0 atom stereocenters. The lowest BCUT2D eigenvalue weighted by molar-refractivity contribution is 0.0992. The van der Waals surface area contributed by atoms with Crippen LogP contribution in [-0.4, -0.2) is 32.5 Å². The molecule has 0 saturated carbocycles. The number of hydrogen-bond acceptors (Lipinski definition) is 4. The molecule has 7 heteroatoms. The van der Waals surface area contributed by atoms with Gasteiger partial charge in [-0.15, -0.1) is 0 Å². The Morgan fingerprint density at radius 3 is 2.38 bits per heavy atom. The lowest BCUT2D eigenvalue weighted by Gasteiger charge is -2.15. The fourth-order valence-corrected chi connectivity index (χ4v) is 4.53. The molecule has 1 N–H and O–H groups in total. The lowest BCUT2D eigenvalue weighted by atomic mass is 10.0. The molecule has 0 aliphatic carbocycles. The normalized spacial score (nSPS) is 13.2. The predicted molar refractivity (Wildman–Crippen MR) is 113 cm³/mol. The van der Waals surface area contributed by atoms with Crippen LogP contribution in [0.15, 0.2) is 59.5 Å². The summed E-state index contributed by atoms with van der Waals surface area (Å²) in [6.07, 6.45) is 0. The van der Waals surface area contributed by atoms with Gasteiger partial charge in [-0.2, -0.15) is 0 Å². The minimum absolute atomic E-state index is 0.00666. The van der Waals surface area contributed by atoms with Crippen LogP contribution in [-0.2, 0) is 9.84 Å². The third-order valence-electron chi connectivity index (χ3n) is 5.21. The predicted octanol–water partition coefficient (Wildman–Crippen LogP) is 3.87. The van der Waals surface area contributed by atoms with Gasteiger partial charge in [-0.3, -0.25) is 9.59 Å². The molecule has 3 aromatic rings. The SMILES string of the molecule is CCN1C(=O)c2cccc3c(NC(=O)c4ccc(S(=O)(=O)CC)cc4)ccc1c23. The van der Waals surface area contributed by atoms with Crippen molar-refractivity contribution in [3.05, 3.63) is 65.7 Å². The van der Waals surface area contributed by atoms with E-state index in [-0.39, 0.29) is 22.5 Å². The van der Waals surface area contributed by atoms with Crippen molar-refractivity contribution < 1.29 is 18.0 Å². The van der Waals surface area contributed by atoms with Gasteiger partial charge in [-0.05, 0) is 49.4 Å². The molecule has 0 bridgehead atoms. The molecule has 2 amide bonds. The van der Waals surface area contributed by atoms with Crippen LogP contribution in [0, 0.1) is 0 Å². The number of hydrogen-bond donors (Lipinski definition) is 1. The third kappa shape index (κ3) is 3.07. The number of sulfone groups is 1. The van der Waals surface area contributed by atoms with Crippen molar-refractivity contribution in [2.24, 2.45) is 0 Å². The van der Waals surface area contributed by atoms with Crippen LogP contribution in [0.5, 0.6) is 0 Å². The van der Waals surface area contributed by atoms with Gasteiger partial charge >= 0.3 is 0 Å². The molecular weight excluding hydrogens is 388 g/mol. The molecule has 6 nitrogen and oxygen atoms in total. The number of nitrogens with one attached hydrogen (secondary N) is 1. The molecule has 0 saturated heterocycles. The second-order valence-corrected chi connectivity index (χ2v) is 9.07. The van der Waals surface area contributed by atoms with Crippen molar-refractivity contribution in [2.45, 2.75) is 18.7 Å². The van der Waals surface area contributed by atoms with Gasteiger partial charge in [-0.1, -0.05) is 19.1 Å². The van der Waals surface area contributed by atoms with E-state index in [2.05, 4.69) is 5.32 Å². The topological polar surface area (TPSA) is 83.6 Å². The molecule has 148 valence electrons. The zero-order chi connectivity index (χ0) is 20.8. The Labute approximate surface area is 169 Å². The van der Waals surface area contributed by atoms with Crippen LogP contribution < -0.4 is 10.2 Å². The molecule has 1 aliphatic heterocycles. The van der Waals surface area contributed by atoms with Crippen molar-refractivity contribution in [1.82, 2.24) is 0 Å². The van der Waals surface area contributed by atoms with E-state index in [9.17, 15) is 18.0 Å². The number of nitrogens with zero attached hydrogens (tertiary/aromatic N) is 1. The van der Waals surface area contributed by atoms with Crippen molar-refractivity contribution >= 4 is 43.8 Å². The molecule has 3 aromatic carbocycles. The van der Waals surface area contributed by atoms with Crippen LogP contribution in [0.3, 0.4) is 0 Å². The zero-order valence-electron chi connectivity index (χ0n) is 16.1. The van der Waals surface area contributed by atoms with Gasteiger partial charge in [0.05, 0.1) is 16.3 Å². The van der Waals surface area contributed by atoms with Crippen molar-refractivity contribution in [3.8, 4) is 0 Å². The summed E-state index contributed by atoms with van der Waals surface area (Å²) in [5, 5.41) is 4.51. The minimum atomic E-state index is -3.31. The zero-order valence-corrected chi connectivity index (χ0v) is 16.9. The van der Waals surface area contributed by atoms with E-state index < -0.39 is 9.84 Å². The Hall–Kier alpha value is -3.19. The quantitative estimate of drug-likeness (QED) is 0.695. The molecular formula is C22H20N2O4S. The van der Waals surface area contributed by atoms with Crippen molar-refractivity contribution in [1.29, 1.82) is 0 Å². The first kappa shape index (κ1) is 19.1. The smallest absolute Gasteiger partial charge is 0.258 e. The van der Waals surface area contributed by atoms with Crippen LogP contribution in [0.2, 0.25) is 0 Å². The summed E-state index contributed by atoms with van der Waals surface area (Å²) >= 11 is 0. The van der Waals surface area contributed by atoms with Crippen molar-refractivity contribution in [3.63, 3.8) is 0 Å². The van der Waals surface area contributed by atoms with E-state index >= 15 is 0 Å². The van der Waals surface area contributed by atoms with Gasteiger partial charge in [0.25, 0.3) is 11.8 Å². The fraction of sp³-hybridized carbons (Fsp3) is 0.182. The highest BCUT2D eigenvalue weighted by Crippen LogP contribution is 2.40. The standard InChI is InChI=1S/C22H20N2O4S/c1-3-24-19-13-12-18(16-6-5-7-17(20(16)19)22(24)26)23-21(25)14-8-10-15(11-9-14)29(27,28)4-2/h5-13H,3-4H2,1-2H3,(H,23,25). The monoisotopic (exact) mass is 408 g/mol. The maximum atomic E-state index is 12.7. The summed E-state index contributed by atoms with van der Waals surface area (Å²) in [7, 11) is -3.31. The van der Waals surface area contributed by atoms with E-state index in [0.717, 1.165) is 16.5 Å². The van der Waals surface area contributed by atoms with Gasteiger partial charge in [0.2, 0.25) is 0 Å². The average Bonchev–Trinajstić information content (AvgIpc) is 3.02. The van der Waals surface area contributed by atoms with E-state index in [1.165, 1.54) is 24.3 Å². The number of anilines is 2. The summed E-state index contributed by atoms with van der Waals surface area (Å²) in [4.78, 5) is 27.2. The summed E-state index contributed by atoms with van der Waals surface area (Å²) in [5.41, 5.74) is 2.43. The molecule has 0 spiro atoms. The molecule has 1 heterocycles. The maximum Gasteiger partial charge on any atom is 0.258 e. The second kappa shape index (κ2) is 7.00. The molecule has 29 heavy (non-hydrogen) atoms. The maximum absolute atomic E-state index is 12.7. The first-order valence-electron chi connectivity index (χ1n) is 9.39. The average molecular weight is 408 g/mol. The third-order valence-corrected chi connectivity index (χ3v) is 6.96. The summed E-state index contributed by atoms with van der Waals surface area (Å²) in [6, 6.07) is 15.0.